The van der Waals surface area contributed by atoms with Crippen LogP contribution in [-0.4, -0.2) is 30.5 Å². The smallest absolute Gasteiger partial charge is 0.138 e. The van der Waals surface area contributed by atoms with Gasteiger partial charge in [0, 0.05) is 37.3 Å². The average Bonchev–Trinajstić information content (AvgIpc) is 3.32. The molecular formula is C26H31N3O3. The molecule has 1 aliphatic carbocycles. The maximum absolute atomic E-state index is 6.28. The Morgan fingerprint density at radius 1 is 0.969 bits per heavy atom. The van der Waals surface area contributed by atoms with Crippen molar-refractivity contribution in [3.05, 3.63) is 71.1 Å². The van der Waals surface area contributed by atoms with Gasteiger partial charge < -0.3 is 24.2 Å². The highest BCUT2D eigenvalue weighted by Crippen LogP contribution is 2.32. The monoisotopic (exact) mass is 433 g/mol. The number of aromatic nitrogens is 1. The lowest BCUT2D eigenvalue weighted by Crippen LogP contribution is -2.25. The fourth-order valence-electron chi connectivity index (χ4n) is 4.19. The molecule has 1 aromatic heterocycles. The summed E-state index contributed by atoms with van der Waals surface area (Å²) in [5, 5.41) is 7.24. The fraction of sp³-hybridized carbons (Fsp3) is 0.423. The van der Waals surface area contributed by atoms with Crippen molar-refractivity contribution >= 4 is 5.69 Å². The highest BCUT2D eigenvalue weighted by atomic mass is 16.5. The van der Waals surface area contributed by atoms with Gasteiger partial charge in [-0.05, 0) is 68.1 Å². The first-order chi connectivity index (χ1) is 15.6. The third kappa shape index (κ3) is 5.07. The molecule has 1 saturated carbocycles. The number of aryl methyl sites for hydroxylation is 2. The zero-order valence-corrected chi connectivity index (χ0v) is 18.8. The van der Waals surface area contributed by atoms with Gasteiger partial charge in [-0.25, -0.2) is 0 Å². The second-order valence-corrected chi connectivity index (χ2v) is 8.89. The molecule has 0 radical (unpaired) electrons. The quantitative estimate of drug-likeness (QED) is 0.524. The van der Waals surface area contributed by atoms with Crippen molar-refractivity contribution in [1.29, 1.82) is 0 Å². The summed E-state index contributed by atoms with van der Waals surface area (Å²) in [5.74, 6) is 2.79. The second kappa shape index (κ2) is 9.25. The van der Waals surface area contributed by atoms with Gasteiger partial charge in [-0.2, -0.15) is 0 Å². The van der Waals surface area contributed by atoms with E-state index >= 15 is 0 Å². The molecule has 1 saturated heterocycles. The molecule has 2 aromatic carbocycles. The summed E-state index contributed by atoms with van der Waals surface area (Å²) >= 11 is 0. The molecule has 6 nitrogen and oxygen atoms in total. The Hall–Kier alpha value is -2.99. The lowest BCUT2D eigenvalue weighted by molar-refractivity contribution is 0.225. The van der Waals surface area contributed by atoms with Crippen LogP contribution < -0.4 is 19.7 Å². The van der Waals surface area contributed by atoms with E-state index in [9.17, 15) is 0 Å². The van der Waals surface area contributed by atoms with Crippen LogP contribution in [0.1, 0.15) is 41.7 Å². The van der Waals surface area contributed by atoms with Crippen molar-refractivity contribution in [2.75, 3.05) is 18.0 Å². The van der Waals surface area contributed by atoms with E-state index in [2.05, 4.69) is 64.8 Å². The van der Waals surface area contributed by atoms with Gasteiger partial charge in [0.15, 0.2) is 0 Å². The average molecular weight is 434 g/mol. The molecule has 32 heavy (non-hydrogen) atoms. The number of hydrogen-bond acceptors (Lipinski definition) is 6. The van der Waals surface area contributed by atoms with E-state index in [0.717, 1.165) is 55.4 Å². The maximum Gasteiger partial charge on any atom is 0.138 e. The molecule has 1 N–H and O–H groups in total. The summed E-state index contributed by atoms with van der Waals surface area (Å²) in [5.41, 5.74) is 4.87. The first kappa shape index (κ1) is 20.9. The zero-order valence-electron chi connectivity index (χ0n) is 18.8. The van der Waals surface area contributed by atoms with Gasteiger partial charge in [-0.3, -0.25) is 0 Å². The first-order valence-electron chi connectivity index (χ1n) is 11.5. The third-order valence-electron chi connectivity index (χ3n) is 6.20. The molecule has 2 fully saturated rings. The third-order valence-corrected chi connectivity index (χ3v) is 6.20. The Kier molecular flexibility index (Phi) is 6.04. The number of nitrogens with zero attached hydrogens (tertiary/aromatic N) is 2. The largest absolute Gasteiger partial charge is 0.490 e. The summed E-state index contributed by atoms with van der Waals surface area (Å²) in [6, 6.07) is 14.8. The predicted octanol–water partition coefficient (Wildman–Crippen LogP) is 4.78. The Labute approximate surface area is 189 Å². The molecule has 1 unspecified atom stereocenters. The zero-order chi connectivity index (χ0) is 21.9. The number of anilines is 1. The van der Waals surface area contributed by atoms with E-state index in [1.54, 1.807) is 6.20 Å². The molecule has 0 amide bonds. The van der Waals surface area contributed by atoms with E-state index in [4.69, 9.17) is 14.0 Å². The van der Waals surface area contributed by atoms with Gasteiger partial charge in [-0.1, -0.05) is 17.3 Å². The van der Waals surface area contributed by atoms with Crippen molar-refractivity contribution in [2.24, 2.45) is 0 Å². The minimum atomic E-state index is 0.206. The van der Waals surface area contributed by atoms with Gasteiger partial charge in [0.2, 0.25) is 0 Å². The van der Waals surface area contributed by atoms with Crippen LogP contribution in [0.15, 0.2) is 53.2 Å². The number of nitrogens with one attached hydrogen (secondary N) is 1. The topological polar surface area (TPSA) is 59.8 Å². The van der Waals surface area contributed by atoms with E-state index in [1.807, 2.05) is 6.92 Å². The maximum atomic E-state index is 6.28. The Morgan fingerprint density at radius 3 is 2.47 bits per heavy atom. The van der Waals surface area contributed by atoms with Crippen LogP contribution in [0.25, 0.3) is 0 Å². The van der Waals surface area contributed by atoms with Gasteiger partial charge in [0.25, 0.3) is 0 Å². The van der Waals surface area contributed by atoms with Gasteiger partial charge in [-0.15, -0.1) is 0 Å². The number of rotatable bonds is 9. The molecule has 168 valence electrons. The molecule has 2 aliphatic rings. The number of hydrogen-bond donors (Lipinski definition) is 1. The van der Waals surface area contributed by atoms with Crippen molar-refractivity contribution in [1.82, 2.24) is 10.5 Å². The molecule has 2 heterocycles. The lowest BCUT2D eigenvalue weighted by Gasteiger charge is -2.22. The molecular weight excluding hydrogens is 402 g/mol. The molecule has 6 heteroatoms. The standard InChI is InChI=1S/C26H31N3O3/c1-18-13-24(30-23-7-8-23)9-10-26(18)29-12-11-25(17-29)31-22-5-3-20(4-6-22)14-27-15-21-16-28-32-19(21)2/h3-6,9-10,13,16,23,25,27H,7-8,11-12,14-15,17H2,1-2H3. The minimum Gasteiger partial charge on any atom is -0.490 e. The Balaban J connectivity index is 1.11. The van der Waals surface area contributed by atoms with Crippen molar-refractivity contribution in [2.45, 2.75) is 58.4 Å². The van der Waals surface area contributed by atoms with E-state index in [1.165, 1.54) is 29.7 Å². The number of benzene rings is 2. The fourth-order valence-corrected chi connectivity index (χ4v) is 4.19. The van der Waals surface area contributed by atoms with E-state index in [-0.39, 0.29) is 6.10 Å². The van der Waals surface area contributed by atoms with Crippen molar-refractivity contribution in [3.63, 3.8) is 0 Å². The molecule has 3 aromatic rings. The van der Waals surface area contributed by atoms with Gasteiger partial charge in [0.1, 0.15) is 23.4 Å². The van der Waals surface area contributed by atoms with Crippen LogP contribution in [0.5, 0.6) is 11.5 Å². The van der Waals surface area contributed by atoms with Crippen LogP contribution in [0.2, 0.25) is 0 Å². The summed E-state index contributed by atoms with van der Waals surface area (Å²) in [7, 11) is 0. The molecule has 0 bridgehead atoms. The van der Waals surface area contributed by atoms with Crippen LogP contribution in [0.4, 0.5) is 5.69 Å². The molecule has 1 atom stereocenters. The van der Waals surface area contributed by atoms with Crippen LogP contribution in [-0.2, 0) is 13.1 Å². The molecule has 5 rings (SSSR count). The normalized spacial score (nSPS) is 18.2. The second-order valence-electron chi connectivity index (χ2n) is 8.89. The number of ether oxygens (including phenoxy) is 2. The van der Waals surface area contributed by atoms with Gasteiger partial charge >= 0.3 is 0 Å². The Bertz CT molecular complexity index is 1040. The van der Waals surface area contributed by atoms with Crippen LogP contribution in [0.3, 0.4) is 0 Å². The highest BCUT2D eigenvalue weighted by molar-refractivity contribution is 5.56. The SMILES string of the molecule is Cc1cc(OC2CC2)ccc1N1CCC(Oc2ccc(CNCc3cnoc3C)cc2)C1. The summed E-state index contributed by atoms with van der Waals surface area (Å²) in [6.07, 6.45) is 5.81. The van der Waals surface area contributed by atoms with Crippen LogP contribution in [0, 0.1) is 13.8 Å². The molecule has 1 aliphatic heterocycles. The predicted molar refractivity (Wildman–Crippen MR) is 124 cm³/mol. The summed E-state index contributed by atoms with van der Waals surface area (Å²) < 4.78 is 17.3. The Morgan fingerprint density at radius 2 is 1.75 bits per heavy atom. The summed E-state index contributed by atoms with van der Waals surface area (Å²) in [4.78, 5) is 2.42. The first-order valence-corrected chi connectivity index (χ1v) is 11.5. The van der Waals surface area contributed by atoms with E-state index < -0.39 is 0 Å². The molecule has 0 spiro atoms. The van der Waals surface area contributed by atoms with Crippen molar-refractivity contribution in [3.8, 4) is 11.5 Å². The minimum absolute atomic E-state index is 0.206. The van der Waals surface area contributed by atoms with E-state index in [0.29, 0.717) is 6.10 Å². The van der Waals surface area contributed by atoms with Crippen LogP contribution >= 0.6 is 0 Å². The lowest BCUT2D eigenvalue weighted by atomic mass is 10.1. The summed E-state index contributed by atoms with van der Waals surface area (Å²) in [6.45, 7) is 7.56. The van der Waals surface area contributed by atoms with Crippen molar-refractivity contribution < 1.29 is 14.0 Å². The van der Waals surface area contributed by atoms with Gasteiger partial charge in [0.05, 0.1) is 18.8 Å². The highest BCUT2D eigenvalue weighted by Gasteiger charge is 2.26.